The molecule has 2 aromatic carbocycles. The van der Waals surface area contributed by atoms with Gasteiger partial charge in [0.1, 0.15) is 17.9 Å². The van der Waals surface area contributed by atoms with Gasteiger partial charge in [-0.25, -0.2) is 9.18 Å². The SMILES string of the molecule is CC1(c2ccc(F)cc2)NC(=O)N(CC(=O)N2CCc3ccccc3C2)C1=O. The second kappa shape index (κ2) is 6.74. The molecule has 28 heavy (non-hydrogen) atoms. The van der Waals surface area contributed by atoms with E-state index in [1.54, 1.807) is 11.8 Å². The van der Waals surface area contributed by atoms with E-state index in [1.165, 1.54) is 29.8 Å². The molecular formula is C21H20FN3O3. The Hall–Kier alpha value is -3.22. The molecule has 1 fully saturated rings. The summed E-state index contributed by atoms with van der Waals surface area (Å²) in [6.45, 7) is 2.26. The number of carbonyl (C=O) groups is 3. The number of benzene rings is 2. The summed E-state index contributed by atoms with van der Waals surface area (Å²) in [6, 6.07) is 12.7. The number of halogens is 1. The van der Waals surface area contributed by atoms with Crippen LogP contribution in [0.15, 0.2) is 48.5 Å². The summed E-state index contributed by atoms with van der Waals surface area (Å²) in [4.78, 5) is 40.7. The zero-order valence-corrected chi connectivity index (χ0v) is 15.4. The van der Waals surface area contributed by atoms with Crippen molar-refractivity contribution in [2.75, 3.05) is 13.1 Å². The highest BCUT2D eigenvalue weighted by Gasteiger charge is 2.49. The van der Waals surface area contributed by atoms with Crippen LogP contribution in [0.25, 0.3) is 0 Å². The third-order valence-electron chi connectivity index (χ3n) is 5.47. The lowest BCUT2D eigenvalue weighted by molar-refractivity contribution is -0.139. The Labute approximate surface area is 161 Å². The minimum atomic E-state index is -1.32. The quantitative estimate of drug-likeness (QED) is 0.829. The van der Waals surface area contributed by atoms with Gasteiger partial charge in [0.15, 0.2) is 0 Å². The van der Waals surface area contributed by atoms with Crippen LogP contribution < -0.4 is 5.32 Å². The lowest BCUT2D eigenvalue weighted by atomic mass is 9.92. The topological polar surface area (TPSA) is 69.7 Å². The van der Waals surface area contributed by atoms with Crippen LogP contribution in [0.4, 0.5) is 9.18 Å². The van der Waals surface area contributed by atoms with Crippen LogP contribution in [0.3, 0.4) is 0 Å². The van der Waals surface area contributed by atoms with Gasteiger partial charge in [-0.15, -0.1) is 0 Å². The number of hydrogen-bond acceptors (Lipinski definition) is 3. The first-order chi connectivity index (χ1) is 13.4. The standard InChI is InChI=1S/C21H20FN3O3/c1-21(16-6-8-17(22)9-7-16)19(27)25(20(28)23-21)13-18(26)24-11-10-14-4-2-3-5-15(14)12-24/h2-9H,10-13H2,1H3,(H,23,28). The number of imide groups is 1. The molecule has 0 radical (unpaired) electrons. The van der Waals surface area contributed by atoms with Gasteiger partial charge in [0.2, 0.25) is 5.91 Å². The van der Waals surface area contributed by atoms with Crippen molar-refractivity contribution in [3.63, 3.8) is 0 Å². The van der Waals surface area contributed by atoms with Crippen LogP contribution in [0.1, 0.15) is 23.6 Å². The van der Waals surface area contributed by atoms with Crippen molar-refractivity contribution in [2.45, 2.75) is 25.4 Å². The van der Waals surface area contributed by atoms with Crippen LogP contribution >= 0.6 is 0 Å². The predicted octanol–water partition coefficient (Wildman–Crippen LogP) is 2.18. The maximum Gasteiger partial charge on any atom is 0.325 e. The minimum Gasteiger partial charge on any atom is -0.336 e. The van der Waals surface area contributed by atoms with Gasteiger partial charge < -0.3 is 10.2 Å². The molecule has 0 bridgehead atoms. The van der Waals surface area contributed by atoms with E-state index in [1.807, 2.05) is 24.3 Å². The first-order valence-corrected chi connectivity index (χ1v) is 9.13. The largest absolute Gasteiger partial charge is 0.336 e. The van der Waals surface area contributed by atoms with Crippen LogP contribution in [0, 0.1) is 5.82 Å². The van der Waals surface area contributed by atoms with E-state index in [0.29, 0.717) is 18.7 Å². The number of amides is 4. The van der Waals surface area contributed by atoms with Gasteiger partial charge in [-0.05, 0) is 42.2 Å². The van der Waals surface area contributed by atoms with Crippen molar-refractivity contribution >= 4 is 17.8 Å². The minimum absolute atomic E-state index is 0.277. The van der Waals surface area contributed by atoms with Crippen LogP contribution in [0.2, 0.25) is 0 Å². The van der Waals surface area contributed by atoms with Crippen molar-refractivity contribution in [1.29, 1.82) is 0 Å². The monoisotopic (exact) mass is 381 g/mol. The van der Waals surface area contributed by atoms with Crippen LogP contribution in [0.5, 0.6) is 0 Å². The van der Waals surface area contributed by atoms with E-state index in [4.69, 9.17) is 0 Å². The third kappa shape index (κ3) is 3.02. The molecule has 6 nitrogen and oxygen atoms in total. The summed E-state index contributed by atoms with van der Waals surface area (Å²) in [5.41, 5.74) is 1.44. The molecule has 0 aliphatic carbocycles. The zero-order valence-electron chi connectivity index (χ0n) is 15.4. The van der Waals surface area contributed by atoms with Gasteiger partial charge in [-0.3, -0.25) is 14.5 Å². The molecule has 0 spiro atoms. The lowest BCUT2D eigenvalue weighted by Crippen LogP contribution is -2.45. The molecule has 2 aliphatic rings. The molecule has 144 valence electrons. The molecule has 2 aromatic rings. The smallest absolute Gasteiger partial charge is 0.325 e. The number of fused-ring (bicyclic) bond motifs is 1. The Kier molecular flexibility index (Phi) is 4.37. The zero-order chi connectivity index (χ0) is 19.9. The summed E-state index contributed by atoms with van der Waals surface area (Å²) >= 11 is 0. The van der Waals surface area contributed by atoms with Gasteiger partial charge >= 0.3 is 6.03 Å². The Balaban J connectivity index is 1.49. The van der Waals surface area contributed by atoms with Crippen LogP contribution in [-0.4, -0.2) is 40.7 Å². The van der Waals surface area contributed by atoms with Crippen LogP contribution in [-0.2, 0) is 28.1 Å². The van der Waals surface area contributed by atoms with Crippen molar-refractivity contribution in [3.8, 4) is 0 Å². The molecule has 1 atom stereocenters. The molecule has 1 unspecified atom stereocenters. The Morgan fingerprint density at radius 1 is 1.11 bits per heavy atom. The Morgan fingerprint density at radius 3 is 2.50 bits per heavy atom. The molecule has 1 N–H and O–H groups in total. The number of nitrogens with one attached hydrogen (secondary N) is 1. The third-order valence-corrected chi connectivity index (χ3v) is 5.47. The van der Waals surface area contributed by atoms with E-state index in [9.17, 15) is 18.8 Å². The van der Waals surface area contributed by atoms with Gasteiger partial charge in [-0.1, -0.05) is 36.4 Å². The normalized spacial score (nSPS) is 21.5. The van der Waals surface area contributed by atoms with Gasteiger partial charge in [-0.2, -0.15) is 0 Å². The Morgan fingerprint density at radius 2 is 1.79 bits per heavy atom. The van der Waals surface area contributed by atoms with E-state index >= 15 is 0 Å². The van der Waals surface area contributed by atoms with Gasteiger partial charge in [0, 0.05) is 13.1 Å². The molecule has 0 saturated carbocycles. The Bertz CT molecular complexity index is 960. The summed E-state index contributed by atoms with van der Waals surface area (Å²) in [5.74, 6) is -1.22. The van der Waals surface area contributed by atoms with Gasteiger partial charge in [0.05, 0.1) is 0 Å². The maximum atomic E-state index is 13.2. The molecule has 0 aromatic heterocycles. The lowest BCUT2D eigenvalue weighted by Gasteiger charge is -2.30. The summed E-state index contributed by atoms with van der Waals surface area (Å²) < 4.78 is 13.2. The van der Waals surface area contributed by atoms with Crippen molar-refractivity contribution in [1.82, 2.24) is 15.1 Å². The fourth-order valence-corrected chi connectivity index (χ4v) is 3.76. The van der Waals surface area contributed by atoms with Crippen molar-refractivity contribution in [3.05, 3.63) is 71.0 Å². The molecule has 4 rings (SSSR count). The molecule has 2 heterocycles. The number of nitrogens with zero attached hydrogens (tertiary/aromatic N) is 2. The van der Waals surface area contributed by atoms with E-state index in [2.05, 4.69) is 5.32 Å². The molecule has 1 saturated heterocycles. The highest BCUT2D eigenvalue weighted by atomic mass is 19.1. The summed E-state index contributed by atoms with van der Waals surface area (Å²) in [5, 5.41) is 2.63. The average molecular weight is 381 g/mol. The van der Waals surface area contributed by atoms with E-state index < -0.39 is 23.3 Å². The fourth-order valence-electron chi connectivity index (χ4n) is 3.76. The maximum absolute atomic E-state index is 13.2. The number of hydrogen-bond donors (Lipinski definition) is 1. The highest BCUT2D eigenvalue weighted by Crippen LogP contribution is 2.29. The number of carbonyl (C=O) groups excluding carboxylic acids is 3. The van der Waals surface area contributed by atoms with Crippen molar-refractivity contribution < 1.29 is 18.8 Å². The van der Waals surface area contributed by atoms with Gasteiger partial charge in [0.25, 0.3) is 5.91 Å². The fraction of sp³-hybridized carbons (Fsp3) is 0.286. The van der Waals surface area contributed by atoms with E-state index in [0.717, 1.165) is 16.9 Å². The summed E-state index contributed by atoms with van der Waals surface area (Å²) in [7, 11) is 0. The first-order valence-electron chi connectivity index (χ1n) is 9.13. The second-order valence-corrected chi connectivity index (χ2v) is 7.29. The number of rotatable bonds is 3. The number of urea groups is 1. The molecule has 7 heteroatoms. The predicted molar refractivity (Wildman–Crippen MR) is 99.6 cm³/mol. The molecule has 2 aliphatic heterocycles. The second-order valence-electron chi connectivity index (χ2n) is 7.29. The molecule has 4 amide bonds. The highest BCUT2D eigenvalue weighted by molar-refractivity contribution is 6.09. The average Bonchev–Trinajstić information content (AvgIpc) is 2.92. The molecular weight excluding hydrogens is 361 g/mol. The van der Waals surface area contributed by atoms with E-state index in [-0.39, 0.29) is 12.5 Å². The first kappa shape index (κ1) is 18.2. The summed E-state index contributed by atoms with van der Waals surface area (Å²) in [6.07, 6.45) is 0.745. The van der Waals surface area contributed by atoms with Crippen molar-refractivity contribution in [2.24, 2.45) is 0 Å².